The van der Waals surface area contributed by atoms with Gasteiger partial charge in [0.1, 0.15) is 0 Å². The maximum absolute atomic E-state index is 6.10. The van der Waals surface area contributed by atoms with Gasteiger partial charge in [0.25, 0.3) is 0 Å². The summed E-state index contributed by atoms with van der Waals surface area (Å²) in [7, 11) is 0. The average molecular weight is 241 g/mol. The predicted octanol–water partition coefficient (Wildman–Crippen LogP) is 1.78. The molecule has 1 aliphatic carbocycles. The van der Waals surface area contributed by atoms with Crippen LogP contribution in [-0.2, 0) is 0 Å². The van der Waals surface area contributed by atoms with Crippen molar-refractivity contribution in [2.75, 3.05) is 24.6 Å². The topological polar surface area (TPSA) is 41.6 Å². The van der Waals surface area contributed by atoms with Crippen LogP contribution in [-0.4, -0.2) is 41.5 Å². The van der Waals surface area contributed by atoms with Crippen molar-refractivity contribution in [2.45, 2.75) is 33.7 Å². The molecule has 16 heavy (non-hydrogen) atoms. The molecule has 2 N–H and O–H groups in total. The van der Waals surface area contributed by atoms with E-state index in [1.807, 2.05) is 11.8 Å². The van der Waals surface area contributed by atoms with Crippen LogP contribution in [0.3, 0.4) is 0 Å². The summed E-state index contributed by atoms with van der Waals surface area (Å²) >= 11 is 2.00. The van der Waals surface area contributed by atoms with Crippen molar-refractivity contribution >= 4 is 17.7 Å². The average Bonchev–Trinajstić information content (AvgIpc) is 2.62. The molecule has 2 fully saturated rings. The highest BCUT2D eigenvalue weighted by Crippen LogP contribution is 2.64. The van der Waals surface area contributed by atoms with Crippen LogP contribution >= 0.6 is 11.8 Å². The maximum atomic E-state index is 6.10. The highest BCUT2D eigenvalue weighted by Gasteiger charge is 2.65. The molecule has 0 atom stereocenters. The van der Waals surface area contributed by atoms with Crippen LogP contribution < -0.4 is 5.73 Å². The van der Waals surface area contributed by atoms with Gasteiger partial charge in [-0.1, -0.05) is 27.7 Å². The summed E-state index contributed by atoms with van der Waals surface area (Å²) in [4.78, 5) is 6.95. The molecule has 3 nitrogen and oxygen atoms in total. The lowest BCUT2D eigenvalue weighted by molar-refractivity contribution is 0.453. The highest BCUT2D eigenvalue weighted by atomic mass is 32.2. The van der Waals surface area contributed by atoms with Gasteiger partial charge in [0.15, 0.2) is 5.96 Å². The normalized spacial score (nSPS) is 29.2. The van der Waals surface area contributed by atoms with E-state index in [1.165, 1.54) is 11.5 Å². The number of nitrogens with two attached hydrogens (primary N) is 1. The summed E-state index contributed by atoms with van der Waals surface area (Å²) in [6.45, 7) is 11.2. The number of aliphatic imine (C=N–C) groups is 1. The Morgan fingerprint density at radius 2 is 1.69 bits per heavy atom. The minimum absolute atomic E-state index is 0.294. The smallest absolute Gasteiger partial charge is 0.191 e. The summed E-state index contributed by atoms with van der Waals surface area (Å²) in [6, 6.07) is 0.384. The summed E-state index contributed by atoms with van der Waals surface area (Å²) in [5.74, 6) is 3.10. The molecule has 2 aliphatic rings. The Labute approximate surface area is 103 Å². The van der Waals surface area contributed by atoms with Crippen LogP contribution in [0.1, 0.15) is 27.7 Å². The van der Waals surface area contributed by atoms with E-state index in [4.69, 9.17) is 10.7 Å². The molecule has 0 aromatic carbocycles. The first-order chi connectivity index (χ1) is 7.37. The van der Waals surface area contributed by atoms with Gasteiger partial charge in [-0.15, -0.1) is 0 Å². The van der Waals surface area contributed by atoms with Crippen molar-refractivity contribution in [3.63, 3.8) is 0 Å². The maximum Gasteiger partial charge on any atom is 0.191 e. The Kier molecular flexibility index (Phi) is 2.89. The molecule has 0 amide bonds. The Hall–Kier alpha value is -0.380. The first-order valence-electron chi connectivity index (χ1n) is 6.03. The number of guanidine groups is 1. The monoisotopic (exact) mass is 241 g/mol. The van der Waals surface area contributed by atoms with Gasteiger partial charge in [-0.2, -0.15) is 11.8 Å². The van der Waals surface area contributed by atoms with Crippen LogP contribution in [0.15, 0.2) is 4.99 Å². The summed E-state index contributed by atoms with van der Waals surface area (Å²) in [6.07, 6.45) is 0. The van der Waals surface area contributed by atoms with Crippen LogP contribution in [0.2, 0.25) is 0 Å². The molecule has 1 aliphatic heterocycles. The van der Waals surface area contributed by atoms with Crippen LogP contribution in [0.5, 0.6) is 0 Å². The van der Waals surface area contributed by atoms with E-state index in [0.717, 1.165) is 19.0 Å². The highest BCUT2D eigenvalue weighted by molar-refractivity contribution is 7.99. The number of rotatable bonds is 1. The molecule has 0 spiro atoms. The predicted molar refractivity (Wildman–Crippen MR) is 71.9 cm³/mol. The minimum atomic E-state index is 0.294. The summed E-state index contributed by atoms with van der Waals surface area (Å²) in [5.41, 5.74) is 6.69. The van der Waals surface area contributed by atoms with E-state index in [0.29, 0.717) is 16.9 Å². The second-order valence-corrected chi connectivity index (χ2v) is 7.16. The molecule has 0 aromatic rings. The van der Waals surface area contributed by atoms with Gasteiger partial charge in [0, 0.05) is 24.6 Å². The van der Waals surface area contributed by atoms with Gasteiger partial charge in [0.2, 0.25) is 0 Å². The van der Waals surface area contributed by atoms with E-state index in [-0.39, 0.29) is 0 Å². The van der Waals surface area contributed by atoms with Crippen molar-refractivity contribution < 1.29 is 0 Å². The number of nitrogens with zero attached hydrogens (tertiary/aromatic N) is 2. The van der Waals surface area contributed by atoms with Gasteiger partial charge >= 0.3 is 0 Å². The lowest BCUT2D eigenvalue weighted by Gasteiger charge is -2.27. The van der Waals surface area contributed by atoms with Gasteiger partial charge in [-0.3, -0.25) is 0 Å². The van der Waals surface area contributed by atoms with E-state index >= 15 is 0 Å². The van der Waals surface area contributed by atoms with Crippen molar-refractivity contribution in [1.29, 1.82) is 0 Å². The van der Waals surface area contributed by atoms with Crippen molar-refractivity contribution in [3.05, 3.63) is 0 Å². The summed E-state index contributed by atoms with van der Waals surface area (Å²) in [5, 5.41) is 0. The van der Waals surface area contributed by atoms with Crippen molar-refractivity contribution in [2.24, 2.45) is 21.6 Å². The van der Waals surface area contributed by atoms with Crippen LogP contribution in [0.4, 0.5) is 0 Å². The zero-order valence-corrected chi connectivity index (χ0v) is 11.6. The fraction of sp³-hybridized carbons (Fsp3) is 0.917. The molecule has 0 radical (unpaired) electrons. The first-order valence-corrected chi connectivity index (χ1v) is 7.19. The van der Waals surface area contributed by atoms with Gasteiger partial charge in [0.05, 0.1) is 6.04 Å². The second kappa shape index (κ2) is 3.83. The van der Waals surface area contributed by atoms with E-state index in [1.54, 1.807) is 0 Å². The van der Waals surface area contributed by atoms with Gasteiger partial charge in [-0.05, 0) is 10.8 Å². The van der Waals surface area contributed by atoms with E-state index in [2.05, 4.69) is 32.6 Å². The van der Waals surface area contributed by atoms with Gasteiger partial charge < -0.3 is 10.6 Å². The quantitative estimate of drug-likeness (QED) is 0.562. The molecule has 1 saturated carbocycles. The lowest BCUT2D eigenvalue weighted by atomic mass is 10.0. The van der Waals surface area contributed by atoms with E-state index < -0.39 is 0 Å². The van der Waals surface area contributed by atoms with Crippen molar-refractivity contribution in [1.82, 2.24) is 4.90 Å². The molecule has 0 bridgehead atoms. The van der Waals surface area contributed by atoms with E-state index in [9.17, 15) is 0 Å². The zero-order chi connectivity index (χ0) is 12.0. The molecule has 2 rings (SSSR count). The molecular weight excluding hydrogens is 218 g/mol. The van der Waals surface area contributed by atoms with Gasteiger partial charge in [-0.25, -0.2) is 4.99 Å². The Balaban J connectivity index is 2.02. The molecule has 0 aromatic heterocycles. The molecule has 4 heteroatoms. The second-order valence-electron chi connectivity index (χ2n) is 5.93. The molecule has 0 unspecified atom stereocenters. The third kappa shape index (κ3) is 1.81. The fourth-order valence-corrected chi connectivity index (χ4v) is 3.39. The Morgan fingerprint density at radius 3 is 2.12 bits per heavy atom. The van der Waals surface area contributed by atoms with Crippen molar-refractivity contribution in [3.8, 4) is 0 Å². The number of thioether (sulfide) groups is 1. The Bertz CT molecular complexity index is 289. The third-order valence-electron chi connectivity index (χ3n) is 4.54. The zero-order valence-electron chi connectivity index (χ0n) is 10.8. The largest absolute Gasteiger partial charge is 0.370 e. The summed E-state index contributed by atoms with van der Waals surface area (Å²) < 4.78 is 0. The fourth-order valence-electron chi connectivity index (χ4n) is 2.49. The Morgan fingerprint density at radius 1 is 1.19 bits per heavy atom. The molecular formula is C12H23N3S. The third-order valence-corrected chi connectivity index (χ3v) is 5.48. The molecule has 1 saturated heterocycles. The SMILES string of the molecule is CC1(C)C(N=C(N)N2CCSCC2)C1(C)C. The standard InChI is InChI=1S/C12H23N3S/c1-11(2)9(12(11,3)4)14-10(13)15-5-7-16-8-6-15/h9H,5-8H2,1-4H3,(H2,13,14). The number of hydrogen-bond donors (Lipinski definition) is 1. The first kappa shape index (κ1) is 12.1. The molecule has 92 valence electrons. The lowest BCUT2D eigenvalue weighted by Crippen LogP contribution is -2.43. The van der Waals surface area contributed by atoms with Crippen LogP contribution in [0, 0.1) is 10.8 Å². The minimum Gasteiger partial charge on any atom is -0.370 e. The number of hydrogen-bond acceptors (Lipinski definition) is 2. The molecule has 1 heterocycles. The van der Waals surface area contributed by atoms with Crippen LogP contribution in [0.25, 0.3) is 0 Å².